The molecule has 7 heteroatoms. The molecule has 0 unspecified atom stereocenters. The Morgan fingerprint density at radius 2 is 1.30 bits per heavy atom. The number of hydrogen-bond donors (Lipinski definition) is 1. The van der Waals surface area contributed by atoms with Crippen LogP contribution in [0.3, 0.4) is 0 Å². The molecule has 2 aromatic carbocycles. The quantitative estimate of drug-likeness (QED) is 0.877. The number of ether oxygens (including phenoxy) is 1. The van der Waals surface area contributed by atoms with Crippen LogP contribution in [0.2, 0.25) is 0 Å². The lowest BCUT2D eigenvalue weighted by atomic mass is 10.2. The first kappa shape index (κ1) is 16.6. The fraction of sp³-hybridized carbons (Fsp3) is 0.188. The van der Waals surface area contributed by atoms with Gasteiger partial charge in [-0.2, -0.15) is 0 Å². The van der Waals surface area contributed by atoms with Gasteiger partial charge in [0.05, 0.1) is 12.8 Å². The predicted octanol–water partition coefficient (Wildman–Crippen LogP) is 3.08. The van der Waals surface area contributed by atoms with Crippen LogP contribution in [0, 0.1) is 5.21 Å². The van der Waals surface area contributed by atoms with E-state index in [1.165, 1.54) is 21.9 Å². The molecule has 23 heavy (non-hydrogen) atoms. The van der Waals surface area contributed by atoms with Gasteiger partial charge in [-0.05, 0) is 48.5 Å². The Labute approximate surface area is 134 Å². The Morgan fingerprint density at radius 3 is 1.70 bits per heavy atom. The fourth-order valence-corrected chi connectivity index (χ4v) is 2.06. The second kappa shape index (κ2) is 6.99. The minimum absolute atomic E-state index is 0.0955. The summed E-state index contributed by atoms with van der Waals surface area (Å²) >= 11 is 0. The Hall–Kier alpha value is -2.77. The van der Waals surface area contributed by atoms with Gasteiger partial charge in [0.1, 0.15) is 5.75 Å². The molecule has 0 radical (unpaired) electrons. The number of rotatable bonds is 4. The summed E-state index contributed by atoms with van der Waals surface area (Å²) in [6, 6.07) is 12.9. The second-order valence-corrected chi connectivity index (χ2v) is 4.89. The van der Waals surface area contributed by atoms with E-state index in [-0.39, 0.29) is 16.9 Å². The Balaban J connectivity index is 2.14. The van der Waals surface area contributed by atoms with Crippen LogP contribution in [-0.2, 0) is 0 Å². The summed E-state index contributed by atoms with van der Waals surface area (Å²) in [6.07, 6.45) is 0. The van der Waals surface area contributed by atoms with E-state index in [1.807, 2.05) is 0 Å². The maximum Gasteiger partial charge on any atom is 0.328 e. The van der Waals surface area contributed by atoms with E-state index in [0.29, 0.717) is 11.4 Å². The summed E-state index contributed by atoms with van der Waals surface area (Å²) in [7, 11) is 4.88. The monoisotopic (exact) mass is 316 g/mol. The summed E-state index contributed by atoms with van der Waals surface area (Å²) in [4.78, 5) is 15.5. The molecule has 2 rings (SSSR count). The number of hydrogen-bond acceptors (Lipinski definition) is 5. The molecule has 0 aliphatic carbocycles. The number of carbonyl (C=O) groups excluding carboxylic acids is 1. The highest BCUT2D eigenvalue weighted by Crippen LogP contribution is 2.22. The van der Waals surface area contributed by atoms with E-state index in [1.54, 1.807) is 57.6 Å². The summed E-state index contributed by atoms with van der Waals surface area (Å²) < 4.78 is 5.09. The van der Waals surface area contributed by atoms with E-state index in [0.717, 1.165) is 5.69 Å². The molecule has 1 N–H and O–H groups in total. The highest BCUT2D eigenvalue weighted by molar-refractivity contribution is 6.02. The van der Waals surface area contributed by atoms with Crippen molar-refractivity contribution in [3.05, 3.63) is 53.7 Å². The number of methoxy groups -OCH3 is 1. The minimum atomic E-state index is -0.245. The Morgan fingerprint density at radius 1 is 0.913 bits per heavy atom. The maximum atomic E-state index is 12.5. The molecule has 7 nitrogen and oxygen atoms in total. The van der Waals surface area contributed by atoms with Gasteiger partial charge in [0.15, 0.2) is 0 Å². The van der Waals surface area contributed by atoms with Gasteiger partial charge < -0.3 is 15.2 Å². The third kappa shape index (κ3) is 3.71. The van der Waals surface area contributed by atoms with Crippen molar-refractivity contribution in [3.8, 4) is 5.75 Å². The molecule has 0 saturated carbocycles. The topological polar surface area (TPSA) is 79.3 Å². The van der Waals surface area contributed by atoms with Crippen LogP contribution < -0.4 is 19.8 Å². The highest BCUT2D eigenvalue weighted by atomic mass is 16.8. The van der Waals surface area contributed by atoms with E-state index >= 15 is 0 Å². The lowest BCUT2D eigenvalue weighted by Crippen LogP contribution is -2.38. The lowest BCUT2D eigenvalue weighted by molar-refractivity contribution is 0.253. The Bertz CT molecular complexity index is 656. The third-order valence-electron chi connectivity index (χ3n) is 3.49. The number of carbonyl (C=O) groups is 1. The molecule has 2 aromatic rings. The van der Waals surface area contributed by atoms with Gasteiger partial charge in [-0.25, -0.2) is 4.79 Å². The molecular weight excluding hydrogens is 298 g/mol. The number of urea groups is 1. The van der Waals surface area contributed by atoms with Crippen LogP contribution in [0.1, 0.15) is 0 Å². The van der Waals surface area contributed by atoms with Crippen LogP contribution >= 0.6 is 0 Å². The molecular formula is C16H18N3O4-. The van der Waals surface area contributed by atoms with Gasteiger partial charge >= 0.3 is 6.03 Å². The van der Waals surface area contributed by atoms with Crippen LogP contribution in [0.5, 0.6) is 5.75 Å². The summed E-state index contributed by atoms with van der Waals surface area (Å²) in [5.74, 6) is 0.713. The smallest absolute Gasteiger partial charge is 0.328 e. The standard InChI is InChI=1S/C16H18N3O4/c1-17(12-4-6-14(7-5-12)19(21)22)16(20)18(2)13-8-10-15(23-3)11-9-13/h4-11,21H,1-3H3/q-1. The number of anilines is 3. The lowest BCUT2D eigenvalue weighted by Gasteiger charge is -2.26. The average Bonchev–Trinajstić information content (AvgIpc) is 2.60. The van der Waals surface area contributed by atoms with Crippen LogP contribution in [0.15, 0.2) is 48.5 Å². The zero-order valence-corrected chi connectivity index (χ0v) is 13.1. The van der Waals surface area contributed by atoms with Crippen molar-refractivity contribution in [1.82, 2.24) is 0 Å². The number of benzene rings is 2. The first-order valence-corrected chi connectivity index (χ1v) is 6.85. The zero-order chi connectivity index (χ0) is 17.0. The maximum absolute atomic E-state index is 12.5. The van der Waals surface area contributed by atoms with Crippen molar-refractivity contribution in [2.75, 3.05) is 36.2 Å². The fourth-order valence-electron chi connectivity index (χ4n) is 2.06. The highest BCUT2D eigenvalue weighted by Gasteiger charge is 2.17. The molecule has 2 amide bonds. The molecule has 0 aliphatic heterocycles. The molecule has 0 atom stereocenters. The molecule has 0 aliphatic rings. The first-order valence-electron chi connectivity index (χ1n) is 6.85. The minimum Gasteiger partial charge on any atom is -0.733 e. The van der Waals surface area contributed by atoms with E-state index in [4.69, 9.17) is 9.94 Å². The number of nitrogens with zero attached hydrogens (tertiary/aromatic N) is 3. The van der Waals surface area contributed by atoms with Crippen molar-refractivity contribution in [3.63, 3.8) is 0 Å². The van der Waals surface area contributed by atoms with Gasteiger partial charge in [-0.15, -0.1) is 0 Å². The summed E-state index contributed by atoms with van der Waals surface area (Å²) in [5, 5.41) is 19.4. The molecule has 122 valence electrons. The predicted molar refractivity (Wildman–Crippen MR) is 89.3 cm³/mol. The number of amides is 2. The molecule has 0 spiro atoms. The largest absolute Gasteiger partial charge is 0.733 e. The first-order chi connectivity index (χ1) is 10.9. The summed E-state index contributed by atoms with van der Waals surface area (Å²) in [6.45, 7) is 0. The van der Waals surface area contributed by atoms with Gasteiger partial charge in [-0.1, -0.05) is 0 Å². The summed E-state index contributed by atoms with van der Waals surface area (Å²) in [5.41, 5.74) is 1.42. The van der Waals surface area contributed by atoms with Crippen molar-refractivity contribution in [1.29, 1.82) is 0 Å². The van der Waals surface area contributed by atoms with Crippen molar-refractivity contribution >= 4 is 23.1 Å². The van der Waals surface area contributed by atoms with Gasteiger partial charge in [0.2, 0.25) is 0 Å². The van der Waals surface area contributed by atoms with Crippen molar-refractivity contribution in [2.24, 2.45) is 0 Å². The van der Waals surface area contributed by atoms with E-state index < -0.39 is 0 Å². The molecule has 0 heterocycles. The molecule has 0 bridgehead atoms. The average molecular weight is 316 g/mol. The normalized spacial score (nSPS) is 10.1. The van der Waals surface area contributed by atoms with Crippen molar-refractivity contribution in [2.45, 2.75) is 0 Å². The van der Waals surface area contributed by atoms with Gasteiger partial charge in [0.25, 0.3) is 0 Å². The van der Waals surface area contributed by atoms with Crippen LogP contribution in [0.25, 0.3) is 0 Å². The zero-order valence-electron chi connectivity index (χ0n) is 13.1. The molecule has 0 fully saturated rings. The molecule has 0 saturated heterocycles. The van der Waals surface area contributed by atoms with Crippen LogP contribution in [0.4, 0.5) is 21.9 Å². The van der Waals surface area contributed by atoms with E-state index in [2.05, 4.69) is 0 Å². The Kier molecular flexibility index (Phi) is 5.05. The van der Waals surface area contributed by atoms with Crippen molar-refractivity contribution < 1.29 is 14.7 Å². The van der Waals surface area contributed by atoms with E-state index in [9.17, 15) is 10.0 Å². The van der Waals surface area contributed by atoms with Gasteiger partial charge in [0, 0.05) is 25.5 Å². The second-order valence-electron chi connectivity index (χ2n) is 4.89. The third-order valence-corrected chi connectivity index (χ3v) is 3.49. The SMILES string of the molecule is COc1ccc(N(C)C(=O)N(C)c2ccc(N([O-])O)cc2)cc1. The van der Waals surface area contributed by atoms with Crippen LogP contribution in [-0.4, -0.2) is 32.4 Å². The molecule has 0 aromatic heterocycles. The van der Waals surface area contributed by atoms with Gasteiger partial charge in [-0.3, -0.25) is 15.0 Å².